The number of hydrogen-bond acceptors (Lipinski definition) is 6. The Kier molecular flexibility index (Phi) is 7.23. The van der Waals surface area contributed by atoms with E-state index in [-0.39, 0.29) is 41.0 Å². The second kappa shape index (κ2) is 9.98. The van der Waals surface area contributed by atoms with Crippen molar-refractivity contribution in [3.8, 4) is 6.07 Å². The van der Waals surface area contributed by atoms with Gasteiger partial charge in [-0.1, -0.05) is 0 Å². The molecule has 14 heteroatoms. The van der Waals surface area contributed by atoms with Gasteiger partial charge in [0.2, 0.25) is 0 Å². The van der Waals surface area contributed by atoms with Crippen LogP contribution in [0.4, 0.5) is 32.2 Å². The minimum atomic E-state index is -5.13. The summed E-state index contributed by atoms with van der Waals surface area (Å²) in [6, 6.07) is 3.94. The SMILES string of the molecule is CC(NC(=O)c1cc(C(F)(F)F)cc(C(F)(F)F)c1)c1nccnc1C(=O)Nc1ccc(C#N)cn1. The van der Waals surface area contributed by atoms with Crippen LogP contribution in [0.1, 0.15) is 56.2 Å². The summed E-state index contributed by atoms with van der Waals surface area (Å²) < 4.78 is 78.6. The third-order valence-corrected chi connectivity index (χ3v) is 4.68. The van der Waals surface area contributed by atoms with Crippen molar-refractivity contribution >= 4 is 17.6 Å². The summed E-state index contributed by atoms with van der Waals surface area (Å²) in [7, 11) is 0. The van der Waals surface area contributed by atoms with Gasteiger partial charge >= 0.3 is 12.4 Å². The van der Waals surface area contributed by atoms with Gasteiger partial charge in [0.1, 0.15) is 11.9 Å². The molecular formula is C22H14F6N6O2. The highest BCUT2D eigenvalue weighted by molar-refractivity contribution is 6.03. The minimum absolute atomic E-state index is 0.0657. The van der Waals surface area contributed by atoms with Crippen LogP contribution >= 0.6 is 0 Å². The van der Waals surface area contributed by atoms with Gasteiger partial charge in [0.15, 0.2) is 5.69 Å². The van der Waals surface area contributed by atoms with Crippen LogP contribution in [-0.2, 0) is 12.4 Å². The van der Waals surface area contributed by atoms with E-state index < -0.39 is 46.9 Å². The average Bonchev–Trinajstić information content (AvgIpc) is 2.83. The highest BCUT2D eigenvalue weighted by Gasteiger charge is 2.37. The molecule has 2 heterocycles. The summed E-state index contributed by atoms with van der Waals surface area (Å²) in [6.07, 6.45) is -6.70. The number of hydrogen-bond donors (Lipinski definition) is 2. The second-order valence-corrected chi connectivity index (χ2v) is 7.28. The average molecular weight is 508 g/mol. The molecule has 0 saturated carbocycles. The van der Waals surface area contributed by atoms with Gasteiger partial charge in [0.05, 0.1) is 28.4 Å². The molecule has 3 rings (SSSR count). The summed E-state index contributed by atoms with van der Waals surface area (Å²) in [5.41, 5.74) is -4.33. The molecule has 2 N–H and O–H groups in total. The molecule has 0 aliphatic carbocycles. The molecule has 186 valence electrons. The smallest absolute Gasteiger partial charge is 0.344 e. The van der Waals surface area contributed by atoms with E-state index in [1.165, 1.54) is 37.6 Å². The standard InChI is InChI=1S/C22H14F6N6O2/c1-11(33-19(35)13-6-14(21(23,24)25)8-15(7-13)22(26,27)28)17-18(31-5-4-30-17)20(36)34-16-3-2-12(9-29)10-32-16/h2-8,10-11H,1H3,(H,33,35)(H,32,34,36). The number of nitrogens with zero attached hydrogens (tertiary/aromatic N) is 4. The zero-order valence-corrected chi connectivity index (χ0v) is 18.1. The van der Waals surface area contributed by atoms with Gasteiger partial charge in [-0.3, -0.25) is 14.6 Å². The van der Waals surface area contributed by atoms with Crippen molar-refractivity contribution in [2.24, 2.45) is 0 Å². The van der Waals surface area contributed by atoms with Gasteiger partial charge in [-0.15, -0.1) is 0 Å². The van der Waals surface area contributed by atoms with Crippen LogP contribution in [0.15, 0.2) is 48.9 Å². The van der Waals surface area contributed by atoms with E-state index in [4.69, 9.17) is 5.26 Å². The van der Waals surface area contributed by atoms with Gasteiger partial charge in [-0.25, -0.2) is 9.97 Å². The number of nitrogens with one attached hydrogen (secondary N) is 2. The number of carbonyl (C=O) groups is 2. The summed E-state index contributed by atoms with van der Waals surface area (Å²) in [5, 5.41) is 13.5. The van der Waals surface area contributed by atoms with Crippen LogP contribution in [0.25, 0.3) is 0 Å². The molecule has 2 amide bonds. The predicted octanol–water partition coefficient (Wildman–Crippen LogP) is 4.52. The van der Waals surface area contributed by atoms with Crippen molar-refractivity contribution < 1.29 is 35.9 Å². The lowest BCUT2D eigenvalue weighted by Crippen LogP contribution is -2.30. The molecule has 0 aliphatic rings. The molecule has 1 unspecified atom stereocenters. The summed E-state index contributed by atoms with van der Waals surface area (Å²) in [4.78, 5) is 37.0. The third-order valence-electron chi connectivity index (χ3n) is 4.68. The van der Waals surface area contributed by atoms with Crippen molar-refractivity contribution in [1.29, 1.82) is 5.26 Å². The number of pyridine rings is 1. The van der Waals surface area contributed by atoms with Crippen LogP contribution < -0.4 is 10.6 Å². The molecule has 0 bridgehead atoms. The lowest BCUT2D eigenvalue weighted by Gasteiger charge is -2.18. The number of aromatic nitrogens is 3. The van der Waals surface area contributed by atoms with E-state index in [1.807, 2.05) is 6.07 Å². The topological polar surface area (TPSA) is 121 Å². The number of halogens is 6. The van der Waals surface area contributed by atoms with Crippen molar-refractivity contribution in [3.05, 3.63) is 82.6 Å². The zero-order valence-electron chi connectivity index (χ0n) is 18.1. The molecule has 0 spiro atoms. The summed E-state index contributed by atoms with van der Waals surface area (Å²) in [6.45, 7) is 1.32. The maximum Gasteiger partial charge on any atom is 0.416 e. The number of amides is 2. The largest absolute Gasteiger partial charge is 0.416 e. The summed E-state index contributed by atoms with van der Waals surface area (Å²) >= 11 is 0. The van der Waals surface area contributed by atoms with E-state index >= 15 is 0 Å². The highest BCUT2D eigenvalue weighted by atomic mass is 19.4. The number of anilines is 1. The number of nitriles is 1. The first-order chi connectivity index (χ1) is 16.8. The van der Waals surface area contributed by atoms with E-state index in [2.05, 4.69) is 25.6 Å². The van der Waals surface area contributed by atoms with E-state index in [0.29, 0.717) is 0 Å². The van der Waals surface area contributed by atoms with Gasteiger partial charge in [-0.2, -0.15) is 31.6 Å². The Bertz CT molecular complexity index is 1300. The van der Waals surface area contributed by atoms with Crippen LogP contribution in [-0.4, -0.2) is 26.8 Å². The molecule has 3 aromatic rings. The maximum atomic E-state index is 13.1. The van der Waals surface area contributed by atoms with Crippen LogP contribution in [0.2, 0.25) is 0 Å². The molecule has 0 fully saturated rings. The molecule has 0 saturated heterocycles. The second-order valence-electron chi connectivity index (χ2n) is 7.28. The van der Waals surface area contributed by atoms with Crippen LogP contribution in [0.3, 0.4) is 0 Å². The first-order valence-corrected chi connectivity index (χ1v) is 9.88. The Morgan fingerprint density at radius 1 is 0.917 bits per heavy atom. The Balaban J connectivity index is 1.86. The Hall–Kier alpha value is -4.54. The van der Waals surface area contributed by atoms with Crippen molar-refractivity contribution in [2.75, 3.05) is 5.32 Å². The normalized spacial score (nSPS) is 12.4. The number of alkyl halides is 6. The minimum Gasteiger partial charge on any atom is -0.344 e. The molecule has 0 radical (unpaired) electrons. The lowest BCUT2D eigenvalue weighted by atomic mass is 10.0. The molecular weight excluding hydrogens is 494 g/mol. The van der Waals surface area contributed by atoms with Crippen molar-refractivity contribution in [1.82, 2.24) is 20.3 Å². The highest BCUT2D eigenvalue weighted by Crippen LogP contribution is 2.36. The van der Waals surface area contributed by atoms with Gasteiger partial charge in [0, 0.05) is 24.2 Å². The molecule has 1 aromatic carbocycles. The van der Waals surface area contributed by atoms with Gasteiger partial charge in [-0.05, 0) is 37.3 Å². The first kappa shape index (κ1) is 26.1. The summed E-state index contributed by atoms with van der Waals surface area (Å²) in [5.74, 6) is -2.00. The number of benzene rings is 1. The molecule has 0 aliphatic heterocycles. The van der Waals surface area contributed by atoms with Gasteiger partial charge in [0.25, 0.3) is 11.8 Å². The van der Waals surface area contributed by atoms with E-state index in [1.54, 1.807) is 0 Å². The monoisotopic (exact) mass is 508 g/mol. The van der Waals surface area contributed by atoms with Gasteiger partial charge < -0.3 is 10.6 Å². The lowest BCUT2D eigenvalue weighted by molar-refractivity contribution is -0.143. The Morgan fingerprint density at radius 3 is 2.06 bits per heavy atom. The van der Waals surface area contributed by atoms with Crippen LogP contribution in [0, 0.1) is 11.3 Å². The number of carbonyl (C=O) groups excluding carboxylic acids is 2. The maximum absolute atomic E-state index is 13.1. The fourth-order valence-corrected chi connectivity index (χ4v) is 2.98. The molecule has 8 nitrogen and oxygen atoms in total. The fourth-order valence-electron chi connectivity index (χ4n) is 2.98. The third kappa shape index (κ3) is 6.12. The number of rotatable bonds is 5. The van der Waals surface area contributed by atoms with Crippen molar-refractivity contribution in [2.45, 2.75) is 25.3 Å². The van der Waals surface area contributed by atoms with Crippen molar-refractivity contribution in [3.63, 3.8) is 0 Å². The van der Waals surface area contributed by atoms with E-state index in [9.17, 15) is 35.9 Å². The molecule has 36 heavy (non-hydrogen) atoms. The fraction of sp³-hybridized carbons (Fsp3) is 0.182. The molecule has 2 aromatic heterocycles. The Labute approximate surface area is 199 Å². The Morgan fingerprint density at radius 2 is 1.53 bits per heavy atom. The first-order valence-electron chi connectivity index (χ1n) is 9.88. The van der Waals surface area contributed by atoms with E-state index in [0.717, 1.165) is 0 Å². The predicted molar refractivity (Wildman–Crippen MR) is 111 cm³/mol. The molecule has 1 atom stereocenters. The quantitative estimate of drug-likeness (QED) is 0.489. The zero-order chi connectivity index (χ0) is 26.7. The van der Waals surface area contributed by atoms with Crippen LogP contribution in [0.5, 0.6) is 0 Å².